The molecule has 0 fully saturated rings. The highest BCUT2D eigenvalue weighted by Crippen LogP contribution is 2.12. The van der Waals surface area contributed by atoms with Gasteiger partial charge >= 0.3 is 0 Å². The minimum atomic E-state index is -0.329. The van der Waals surface area contributed by atoms with Crippen molar-refractivity contribution in [2.75, 3.05) is 17.2 Å². The first-order valence-corrected chi connectivity index (χ1v) is 6.15. The molecule has 6 heteroatoms. The second kappa shape index (κ2) is 6.78. The fourth-order valence-electron chi connectivity index (χ4n) is 1.59. The summed E-state index contributed by atoms with van der Waals surface area (Å²) in [5, 5.41) is 6.35. The summed E-state index contributed by atoms with van der Waals surface area (Å²) in [6.07, 6.45) is 1.31. The lowest BCUT2D eigenvalue weighted by Gasteiger charge is -2.14. The van der Waals surface area contributed by atoms with Gasteiger partial charge in [0.1, 0.15) is 17.5 Å². The van der Waals surface area contributed by atoms with Gasteiger partial charge in [-0.05, 0) is 20.3 Å². The number of anilines is 2. The molecule has 18 heavy (non-hydrogen) atoms. The Hall–Kier alpha value is -1.85. The van der Waals surface area contributed by atoms with Crippen molar-refractivity contribution in [2.24, 2.45) is 5.73 Å². The highest BCUT2D eigenvalue weighted by atomic mass is 16.1. The first kappa shape index (κ1) is 14.2. The smallest absolute Gasteiger partial charge is 0.219 e. The summed E-state index contributed by atoms with van der Waals surface area (Å²) in [5.41, 5.74) is 5.15. The zero-order valence-electron chi connectivity index (χ0n) is 11.2. The summed E-state index contributed by atoms with van der Waals surface area (Å²) in [4.78, 5) is 19.4. The van der Waals surface area contributed by atoms with Crippen LogP contribution in [0.15, 0.2) is 6.07 Å². The van der Waals surface area contributed by atoms with Crippen LogP contribution < -0.4 is 16.4 Å². The lowest BCUT2D eigenvalue weighted by molar-refractivity contribution is -0.118. The van der Waals surface area contributed by atoms with Crippen LogP contribution in [0.3, 0.4) is 0 Å². The van der Waals surface area contributed by atoms with E-state index in [4.69, 9.17) is 5.73 Å². The van der Waals surface area contributed by atoms with E-state index in [0.29, 0.717) is 11.6 Å². The average Bonchev–Trinajstić information content (AvgIpc) is 2.24. The molecule has 0 aromatic carbocycles. The Bertz CT molecular complexity index is 407. The lowest BCUT2D eigenvalue weighted by Crippen LogP contribution is -2.24. The molecule has 1 amide bonds. The molecular weight excluding hydrogens is 230 g/mol. The van der Waals surface area contributed by atoms with Crippen LogP contribution in [0.2, 0.25) is 0 Å². The Balaban J connectivity index is 2.69. The zero-order chi connectivity index (χ0) is 13.5. The molecule has 0 saturated carbocycles. The van der Waals surface area contributed by atoms with Gasteiger partial charge in [-0.1, -0.05) is 6.92 Å². The third kappa shape index (κ3) is 4.99. The van der Waals surface area contributed by atoms with Gasteiger partial charge in [-0.25, -0.2) is 9.97 Å². The van der Waals surface area contributed by atoms with Crippen molar-refractivity contribution in [3.05, 3.63) is 11.9 Å². The topological polar surface area (TPSA) is 92.9 Å². The van der Waals surface area contributed by atoms with Crippen LogP contribution >= 0.6 is 0 Å². The SMILES string of the molecule is CCCNc1cc(NC(C)CC(N)=O)nc(C)n1. The Morgan fingerprint density at radius 3 is 2.72 bits per heavy atom. The molecule has 1 atom stereocenters. The average molecular weight is 251 g/mol. The zero-order valence-corrected chi connectivity index (χ0v) is 11.2. The highest BCUT2D eigenvalue weighted by Gasteiger charge is 2.08. The number of carbonyl (C=O) groups excluding carboxylic acids is 1. The first-order chi connectivity index (χ1) is 8.51. The molecule has 0 spiro atoms. The highest BCUT2D eigenvalue weighted by molar-refractivity contribution is 5.74. The second-order valence-corrected chi connectivity index (χ2v) is 4.33. The molecule has 1 unspecified atom stereocenters. The molecule has 4 N–H and O–H groups in total. The van der Waals surface area contributed by atoms with Crippen molar-refractivity contribution in [3.8, 4) is 0 Å². The molecule has 1 heterocycles. The number of nitrogens with two attached hydrogens (primary N) is 1. The van der Waals surface area contributed by atoms with Gasteiger partial charge in [0.05, 0.1) is 0 Å². The van der Waals surface area contributed by atoms with Gasteiger partial charge in [0.2, 0.25) is 5.91 Å². The van der Waals surface area contributed by atoms with Crippen LogP contribution in [0.1, 0.15) is 32.5 Å². The van der Waals surface area contributed by atoms with Gasteiger partial charge in [-0.3, -0.25) is 4.79 Å². The lowest BCUT2D eigenvalue weighted by atomic mass is 10.2. The third-order valence-electron chi connectivity index (χ3n) is 2.30. The van der Waals surface area contributed by atoms with Gasteiger partial charge < -0.3 is 16.4 Å². The number of rotatable bonds is 7. The van der Waals surface area contributed by atoms with Crippen molar-refractivity contribution in [1.29, 1.82) is 0 Å². The molecule has 0 aliphatic heterocycles. The van der Waals surface area contributed by atoms with Crippen molar-refractivity contribution in [1.82, 2.24) is 9.97 Å². The summed E-state index contributed by atoms with van der Waals surface area (Å²) in [7, 11) is 0. The van der Waals surface area contributed by atoms with Crippen LogP contribution in [-0.4, -0.2) is 28.5 Å². The fraction of sp³-hybridized carbons (Fsp3) is 0.583. The Morgan fingerprint density at radius 2 is 2.11 bits per heavy atom. The van der Waals surface area contributed by atoms with Crippen LogP contribution in [0.5, 0.6) is 0 Å². The predicted molar refractivity (Wildman–Crippen MR) is 72.4 cm³/mol. The summed E-state index contributed by atoms with van der Waals surface area (Å²) < 4.78 is 0. The predicted octanol–water partition coefficient (Wildman–Crippen LogP) is 1.28. The normalized spacial score (nSPS) is 11.9. The summed E-state index contributed by atoms with van der Waals surface area (Å²) in [6, 6.07) is 1.79. The number of primary amides is 1. The minimum absolute atomic E-state index is 0.0455. The quantitative estimate of drug-likeness (QED) is 0.679. The number of hydrogen-bond acceptors (Lipinski definition) is 5. The number of amides is 1. The number of aromatic nitrogens is 2. The van der Waals surface area contributed by atoms with Crippen LogP contribution in [0.25, 0.3) is 0 Å². The summed E-state index contributed by atoms with van der Waals surface area (Å²) >= 11 is 0. The second-order valence-electron chi connectivity index (χ2n) is 4.33. The van der Waals surface area contributed by atoms with E-state index in [1.54, 1.807) is 0 Å². The number of hydrogen-bond donors (Lipinski definition) is 3. The van der Waals surface area contributed by atoms with E-state index < -0.39 is 0 Å². The van der Waals surface area contributed by atoms with E-state index >= 15 is 0 Å². The van der Waals surface area contributed by atoms with E-state index in [2.05, 4.69) is 27.5 Å². The molecule has 0 radical (unpaired) electrons. The number of nitrogens with zero attached hydrogens (tertiary/aromatic N) is 2. The molecule has 0 aliphatic rings. The Labute approximate surface area is 107 Å². The third-order valence-corrected chi connectivity index (χ3v) is 2.30. The van der Waals surface area contributed by atoms with E-state index in [9.17, 15) is 4.79 Å². The van der Waals surface area contributed by atoms with E-state index in [1.165, 1.54) is 0 Å². The molecule has 0 aliphatic carbocycles. The monoisotopic (exact) mass is 251 g/mol. The molecule has 6 nitrogen and oxygen atoms in total. The van der Waals surface area contributed by atoms with Crippen molar-refractivity contribution >= 4 is 17.5 Å². The molecule has 1 aromatic heterocycles. The molecular formula is C12H21N5O. The van der Waals surface area contributed by atoms with Crippen LogP contribution in [0, 0.1) is 6.92 Å². The minimum Gasteiger partial charge on any atom is -0.370 e. The van der Waals surface area contributed by atoms with E-state index in [1.807, 2.05) is 19.9 Å². The maximum atomic E-state index is 10.8. The molecule has 1 rings (SSSR count). The van der Waals surface area contributed by atoms with E-state index in [-0.39, 0.29) is 18.4 Å². The van der Waals surface area contributed by atoms with Crippen LogP contribution in [-0.2, 0) is 4.79 Å². The van der Waals surface area contributed by atoms with Crippen molar-refractivity contribution in [2.45, 2.75) is 39.7 Å². The van der Waals surface area contributed by atoms with E-state index in [0.717, 1.165) is 18.8 Å². The Kier molecular flexibility index (Phi) is 5.35. The Morgan fingerprint density at radius 1 is 1.44 bits per heavy atom. The number of nitrogens with one attached hydrogen (secondary N) is 2. The largest absolute Gasteiger partial charge is 0.370 e. The molecule has 1 aromatic rings. The first-order valence-electron chi connectivity index (χ1n) is 6.15. The van der Waals surface area contributed by atoms with Crippen molar-refractivity contribution in [3.63, 3.8) is 0 Å². The maximum Gasteiger partial charge on any atom is 0.219 e. The molecule has 0 saturated heterocycles. The standard InChI is InChI=1S/C12H21N5O/c1-4-5-14-11-7-12(17-9(3)16-11)15-8(2)6-10(13)18/h7-8H,4-6H2,1-3H3,(H2,13,18)(H2,14,15,16,17). The van der Waals surface area contributed by atoms with Gasteiger partial charge in [0.25, 0.3) is 0 Å². The van der Waals surface area contributed by atoms with Crippen molar-refractivity contribution < 1.29 is 4.79 Å². The fourth-order valence-corrected chi connectivity index (χ4v) is 1.59. The summed E-state index contributed by atoms with van der Waals surface area (Å²) in [6.45, 7) is 6.68. The van der Waals surface area contributed by atoms with Gasteiger partial charge in [0.15, 0.2) is 0 Å². The maximum absolute atomic E-state index is 10.8. The van der Waals surface area contributed by atoms with Gasteiger partial charge in [-0.15, -0.1) is 0 Å². The van der Waals surface area contributed by atoms with Crippen LogP contribution in [0.4, 0.5) is 11.6 Å². The molecule has 0 bridgehead atoms. The summed E-state index contributed by atoms with van der Waals surface area (Å²) in [5.74, 6) is 1.85. The number of carbonyl (C=O) groups is 1. The molecule has 100 valence electrons. The van der Waals surface area contributed by atoms with Gasteiger partial charge in [0, 0.05) is 25.1 Å². The van der Waals surface area contributed by atoms with Gasteiger partial charge in [-0.2, -0.15) is 0 Å². The number of aryl methyl sites for hydroxylation is 1.